The Balaban J connectivity index is 2.47. The highest BCUT2D eigenvalue weighted by Gasteiger charge is 2.11. The third kappa shape index (κ3) is 5.38. The maximum atomic E-state index is 10.1. The quantitative estimate of drug-likeness (QED) is 0.815. The Labute approximate surface area is 116 Å². The largest absolute Gasteiger partial charge is 0.388 e. The van der Waals surface area contributed by atoms with E-state index >= 15 is 0 Å². The molecule has 0 saturated carbocycles. The van der Waals surface area contributed by atoms with E-state index in [2.05, 4.69) is 25.7 Å². The first-order valence-corrected chi connectivity index (χ1v) is 7.06. The molecule has 102 valence electrons. The Morgan fingerprint density at radius 1 is 1.33 bits per heavy atom. The van der Waals surface area contributed by atoms with Crippen LogP contribution in [0.25, 0.3) is 0 Å². The van der Waals surface area contributed by atoms with Crippen molar-refractivity contribution in [2.75, 3.05) is 19.6 Å². The molecule has 0 spiro atoms. The maximum Gasteiger partial charge on any atom is 0.0802 e. The van der Waals surface area contributed by atoms with Crippen LogP contribution in [0, 0.1) is 5.92 Å². The molecule has 0 aliphatic carbocycles. The van der Waals surface area contributed by atoms with E-state index < -0.39 is 6.10 Å². The molecule has 1 rings (SSSR count). The zero-order valence-corrected chi connectivity index (χ0v) is 12.3. The van der Waals surface area contributed by atoms with Gasteiger partial charge >= 0.3 is 0 Å². The molecule has 1 atom stereocenters. The van der Waals surface area contributed by atoms with Crippen molar-refractivity contribution >= 4 is 11.6 Å². The summed E-state index contributed by atoms with van der Waals surface area (Å²) in [6.07, 6.45) is 0.325. The highest BCUT2D eigenvalue weighted by atomic mass is 35.5. The minimum absolute atomic E-state index is 0.426. The summed E-state index contributed by atoms with van der Waals surface area (Å²) in [5.74, 6) is 0.660. The lowest BCUT2D eigenvalue weighted by atomic mass is 10.1. The Bertz CT molecular complexity index is 354. The van der Waals surface area contributed by atoms with E-state index in [1.54, 1.807) is 0 Å². The normalized spacial score (nSPS) is 13.3. The van der Waals surface area contributed by atoms with Gasteiger partial charge in [0.25, 0.3) is 0 Å². The van der Waals surface area contributed by atoms with Gasteiger partial charge in [-0.15, -0.1) is 0 Å². The van der Waals surface area contributed by atoms with Gasteiger partial charge in [-0.2, -0.15) is 0 Å². The van der Waals surface area contributed by atoms with Crippen LogP contribution in [0.15, 0.2) is 24.3 Å². The average Bonchev–Trinajstić information content (AvgIpc) is 2.33. The molecule has 0 radical (unpaired) electrons. The Morgan fingerprint density at radius 3 is 2.61 bits per heavy atom. The first-order valence-electron chi connectivity index (χ1n) is 6.68. The summed E-state index contributed by atoms with van der Waals surface area (Å²) in [7, 11) is 0. The summed E-state index contributed by atoms with van der Waals surface area (Å²) in [4.78, 5) is 2.37. The van der Waals surface area contributed by atoms with E-state index in [1.807, 2.05) is 24.3 Å². The Morgan fingerprint density at radius 2 is 2.06 bits per heavy atom. The van der Waals surface area contributed by atoms with Crippen molar-refractivity contribution in [1.82, 2.24) is 4.90 Å². The van der Waals surface area contributed by atoms with Crippen LogP contribution >= 0.6 is 11.6 Å². The van der Waals surface area contributed by atoms with E-state index in [4.69, 9.17) is 11.6 Å². The van der Waals surface area contributed by atoms with Gasteiger partial charge in [0.15, 0.2) is 0 Å². The fraction of sp³-hybridized carbons (Fsp3) is 0.600. The predicted molar refractivity (Wildman–Crippen MR) is 78.0 cm³/mol. The van der Waals surface area contributed by atoms with Crippen LogP contribution in [-0.2, 0) is 0 Å². The highest BCUT2D eigenvalue weighted by Crippen LogP contribution is 2.20. The van der Waals surface area contributed by atoms with Crippen LogP contribution in [0.5, 0.6) is 0 Å². The molecule has 0 bridgehead atoms. The summed E-state index contributed by atoms with van der Waals surface area (Å²) < 4.78 is 0. The average molecular weight is 270 g/mol. The molecular formula is C15H24ClNO. The van der Waals surface area contributed by atoms with Gasteiger partial charge in [-0.25, -0.2) is 0 Å². The molecule has 0 aliphatic heterocycles. The molecular weight excluding hydrogens is 246 g/mol. The zero-order valence-electron chi connectivity index (χ0n) is 11.6. The SMILES string of the molecule is CCN(CCC(O)c1cccc(Cl)c1)CC(C)C. The number of halogens is 1. The number of nitrogens with zero attached hydrogens (tertiary/aromatic N) is 1. The van der Waals surface area contributed by atoms with Crippen LogP contribution in [0.1, 0.15) is 38.9 Å². The van der Waals surface area contributed by atoms with E-state index in [-0.39, 0.29) is 0 Å². The smallest absolute Gasteiger partial charge is 0.0802 e. The molecule has 0 aromatic heterocycles. The molecule has 1 aromatic carbocycles. The second-order valence-corrected chi connectivity index (χ2v) is 5.58. The fourth-order valence-corrected chi connectivity index (χ4v) is 2.28. The minimum Gasteiger partial charge on any atom is -0.388 e. The molecule has 0 heterocycles. The van der Waals surface area contributed by atoms with Crippen molar-refractivity contribution in [3.8, 4) is 0 Å². The second kappa shape index (κ2) is 7.78. The Kier molecular flexibility index (Phi) is 6.69. The van der Waals surface area contributed by atoms with Crippen LogP contribution < -0.4 is 0 Å². The van der Waals surface area contributed by atoms with E-state index in [1.165, 1.54) is 0 Å². The van der Waals surface area contributed by atoms with Crippen LogP contribution in [0.2, 0.25) is 5.02 Å². The molecule has 1 unspecified atom stereocenters. The topological polar surface area (TPSA) is 23.5 Å². The first kappa shape index (κ1) is 15.5. The standard InChI is InChI=1S/C15H24ClNO/c1-4-17(11-12(2)3)9-8-15(18)13-6-5-7-14(16)10-13/h5-7,10,12,15,18H,4,8-9,11H2,1-3H3. The van der Waals surface area contributed by atoms with Crippen LogP contribution in [-0.4, -0.2) is 29.6 Å². The van der Waals surface area contributed by atoms with Crippen molar-refractivity contribution in [3.05, 3.63) is 34.9 Å². The number of hydrogen-bond donors (Lipinski definition) is 1. The van der Waals surface area contributed by atoms with Crippen molar-refractivity contribution in [1.29, 1.82) is 0 Å². The second-order valence-electron chi connectivity index (χ2n) is 5.15. The number of hydrogen-bond acceptors (Lipinski definition) is 2. The third-order valence-electron chi connectivity index (χ3n) is 3.02. The molecule has 0 fully saturated rings. The number of benzene rings is 1. The molecule has 1 N–H and O–H groups in total. The van der Waals surface area contributed by atoms with Crippen molar-refractivity contribution < 1.29 is 5.11 Å². The van der Waals surface area contributed by atoms with E-state index in [0.717, 1.165) is 31.6 Å². The molecule has 0 saturated heterocycles. The molecule has 0 amide bonds. The third-order valence-corrected chi connectivity index (χ3v) is 3.26. The molecule has 0 aliphatic rings. The Hall–Kier alpha value is -0.570. The maximum absolute atomic E-state index is 10.1. The highest BCUT2D eigenvalue weighted by molar-refractivity contribution is 6.30. The fourth-order valence-electron chi connectivity index (χ4n) is 2.08. The molecule has 18 heavy (non-hydrogen) atoms. The van der Waals surface area contributed by atoms with Gasteiger partial charge in [-0.05, 0) is 36.6 Å². The van der Waals surface area contributed by atoms with E-state index in [9.17, 15) is 5.11 Å². The van der Waals surface area contributed by atoms with Gasteiger partial charge in [0, 0.05) is 18.1 Å². The number of aliphatic hydroxyl groups excluding tert-OH is 1. The summed E-state index contributed by atoms with van der Waals surface area (Å²) >= 11 is 5.93. The van der Waals surface area contributed by atoms with Crippen molar-refractivity contribution in [3.63, 3.8) is 0 Å². The van der Waals surface area contributed by atoms with Gasteiger partial charge in [0.2, 0.25) is 0 Å². The van der Waals surface area contributed by atoms with Gasteiger partial charge in [0.1, 0.15) is 0 Å². The lowest BCUT2D eigenvalue weighted by Crippen LogP contribution is -2.29. The van der Waals surface area contributed by atoms with Gasteiger partial charge < -0.3 is 10.0 Å². The summed E-state index contributed by atoms with van der Waals surface area (Å²) in [6, 6.07) is 7.47. The summed E-state index contributed by atoms with van der Waals surface area (Å²) in [5.41, 5.74) is 0.906. The minimum atomic E-state index is -0.426. The van der Waals surface area contributed by atoms with Crippen LogP contribution in [0.4, 0.5) is 0 Å². The first-order chi connectivity index (χ1) is 8.52. The summed E-state index contributed by atoms with van der Waals surface area (Å²) in [6.45, 7) is 9.63. The monoisotopic (exact) mass is 269 g/mol. The van der Waals surface area contributed by atoms with Gasteiger partial charge in [-0.1, -0.05) is 44.5 Å². The zero-order chi connectivity index (χ0) is 13.5. The van der Waals surface area contributed by atoms with Gasteiger partial charge in [-0.3, -0.25) is 0 Å². The molecule has 3 heteroatoms. The van der Waals surface area contributed by atoms with Gasteiger partial charge in [0.05, 0.1) is 6.10 Å². The lowest BCUT2D eigenvalue weighted by molar-refractivity contribution is 0.139. The summed E-state index contributed by atoms with van der Waals surface area (Å²) in [5, 5.41) is 10.8. The van der Waals surface area contributed by atoms with Crippen molar-refractivity contribution in [2.24, 2.45) is 5.92 Å². The van der Waals surface area contributed by atoms with Crippen molar-refractivity contribution in [2.45, 2.75) is 33.3 Å². The molecule has 2 nitrogen and oxygen atoms in total. The van der Waals surface area contributed by atoms with E-state index in [0.29, 0.717) is 10.9 Å². The van der Waals surface area contributed by atoms with Crippen LogP contribution in [0.3, 0.4) is 0 Å². The number of aliphatic hydroxyl groups is 1. The lowest BCUT2D eigenvalue weighted by Gasteiger charge is -2.23. The number of rotatable bonds is 7. The molecule has 1 aromatic rings. The predicted octanol–water partition coefficient (Wildman–Crippen LogP) is 3.74.